The predicted molar refractivity (Wildman–Crippen MR) is 56.9 cm³/mol. The Morgan fingerprint density at radius 3 is 2.50 bits per heavy atom. The fourth-order valence-corrected chi connectivity index (χ4v) is 1.61. The third kappa shape index (κ3) is 3.36. The van der Waals surface area contributed by atoms with Crippen LogP contribution in [0.2, 0.25) is 0 Å². The molecule has 1 aromatic carbocycles. The number of phenolic OH excluding ortho intramolecular Hbond substituents is 1. The SMILES string of the molecule is NC(CCC(=O)O)c1c(O)cccc1C(F)(F)F. The summed E-state index contributed by atoms with van der Waals surface area (Å²) in [5, 5.41) is 17.9. The van der Waals surface area contributed by atoms with Crippen LogP contribution in [0.3, 0.4) is 0 Å². The lowest BCUT2D eigenvalue weighted by molar-refractivity contribution is -0.138. The molecular formula is C11H12F3NO3. The van der Waals surface area contributed by atoms with Crippen LogP contribution in [0.1, 0.15) is 30.0 Å². The molecule has 4 nitrogen and oxygen atoms in total. The van der Waals surface area contributed by atoms with Crippen molar-refractivity contribution in [3.05, 3.63) is 29.3 Å². The van der Waals surface area contributed by atoms with Gasteiger partial charge in [-0.3, -0.25) is 4.79 Å². The molecule has 0 radical (unpaired) electrons. The Morgan fingerprint density at radius 2 is 2.00 bits per heavy atom. The molecule has 0 aromatic heterocycles. The van der Waals surface area contributed by atoms with Crippen LogP contribution in [0.5, 0.6) is 5.75 Å². The Labute approximate surface area is 101 Å². The molecule has 0 fully saturated rings. The van der Waals surface area contributed by atoms with E-state index < -0.39 is 35.1 Å². The number of benzene rings is 1. The van der Waals surface area contributed by atoms with Gasteiger partial charge in [0.1, 0.15) is 5.75 Å². The number of aromatic hydroxyl groups is 1. The van der Waals surface area contributed by atoms with Gasteiger partial charge in [0.2, 0.25) is 0 Å². The molecule has 1 aromatic rings. The van der Waals surface area contributed by atoms with Gasteiger partial charge in [-0.05, 0) is 18.6 Å². The Hall–Kier alpha value is -1.76. The summed E-state index contributed by atoms with van der Waals surface area (Å²) in [5.41, 5.74) is 4.01. The van der Waals surface area contributed by atoms with Gasteiger partial charge in [0, 0.05) is 18.0 Å². The highest BCUT2D eigenvalue weighted by Crippen LogP contribution is 2.39. The number of aliphatic carboxylic acids is 1. The minimum atomic E-state index is -4.64. The van der Waals surface area contributed by atoms with Crippen molar-refractivity contribution in [3.63, 3.8) is 0 Å². The zero-order valence-electron chi connectivity index (χ0n) is 9.24. The molecule has 18 heavy (non-hydrogen) atoms. The van der Waals surface area contributed by atoms with Crippen LogP contribution in [-0.4, -0.2) is 16.2 Å². The Morgan fingerprint density at radius 1 is 1.39 bits per heavy atom. The van der Waals surface area contributed by atoms with Crippen LogP contribution >= 0.6 is 0 Å². The molecule has 0 aliphatic carbocycles. The molecule has 100 valence electrons. The van der Waals surface area contributed by atoms with Gasteiger partial charge in [0.15, 0.2) is 0 Å². The van der Waals surface area contributed by atoms with Crippen molar-refractivity contribution in [1.82, 2.24) is 0 Å². The second-order valence-corrected chi connectivity index (χ2v) is 3.78. The van der Waals surface area contributed by atoms with E-state index in [1.54, 1.807) is 0 Å². The summed E-state index contributed by atoms with van der Waals surface area (Å²) < 4.78 is 38.1. The van der Waals surface area contributed by atoms with Crippen molar-refractivity contribution in [2.24, 2.45) is 5.73 Å². The van der Waals surface area contributed by atoms with E-state index in [0.717, 1.165) is 18.2 Å². The van der Waals surface area contributed by atoms with Crippen LogP contribution in [0, 0.1) is 0 Å². The minimum absolute atomic E-state index is 0.185. The molecule has 7 heteroatoms. The molecule has 0 saturated carbocycles. The number of nitrogens with two attached hydrogens (primary N) is 1. The predicted octanol–water partition coefficient (Wildman–Crippen LogP) is 2.28. The first kappa shape index (κ1) is 14.3. The minimum Gasteiger partial charge on any atom is -0.508 e. The van der Waals surface area contributed by atoms with Gasteiger partial charge in [-0.1, -0.05) is 6.07 Å². The fraction of sp³-hybridized carbons (Fsp3) is 0.364. The molecule has 0 aliphatic rings. The molecule has 0 amide bonds. The van der Waals surface area contributed by atoms with Gasteiger partial charge in [-0.2, -0.15) is 13.2 Å². The van der Waals surface area contributed by atoms with E-state index in [1.165, 1.54) is 0 Å². The third-order valence-electron chi connectivity index (χ3n) is 2.43. The largest absolute Gasteiger partial charge is 0.508 e. The Kier molecular flexibility index (Phi) is 4.18. The van der Waals surface area contributed by atoms with Crippen LogP contribution in [0.25, 0.3) is 0 Å². The zero-order chi connectivity index (χ0) is 13.9. The van der Waals surface area contributed by atoms with Gasteiger partial charge in [-0.15, -0.1) is 0 Å². The van der Waals surface area contributed by atoms with Crippen molar-refractivity contribution in [2.45, 2.75) is 25.1 Å². The zero-order valence-corrected chi connectivity index (χ0v) is 9.24. The van der Waals surface area contributed by atoms with Crippen LogP contribution < -0.4 is 5.73 Å². The highest BCUT2D eigenvalue weighted by Gasteiger charge is 2.35. The molecule has 1 rings (SSSR count). The molecular weight excluding hydrogens is 251 g/mol. The smallest absolute Gasteiger partial charge is 0.416 e. The molecule has 1 atom stereocenters. The lowest BCUT2D eigenvalue weighted by Gasteiger charge is -2.19. The van der Waals surface area contributed by atoms with E-state index in [1.807, 2.05) is 0 Å². The van der Waals surface area contributed by atoms with Crippen LogP contribution in [-0.2, 0) is 11.0 Å². The summed E-state index contributed by atoms with van der Waals surface area (Å²) >= 11 is 0. The number of phenols is 1. The second-order valence-electron chi connectivity index (χ2n) is 3.78. The molecule has 1 unspecified atom stereocenters. The number of carboxylic acids is 1. The second kappa shape index (κ2) is 5.26. The van der Waals surface area contributed by atoms with Crippen molar-refractivity contribution in [1.29, 1.82) is 0 Å². The lowest BCUT2D eigenvalue weighted by atomic mass is 9.96. The van der Waals surface area contributed by atoms with Crippen molar-refractivity contribution >= 4 is 5.97 Å². The van der Waals surface area contributed by atoms with Crippen molar-refractivity contribution in [2.75, 3.05) is 0 Å². The number of hydrogen-bond donors (Lipinski definition) is 3. The van der Waals surface area contributed by atoms with E-state index in [4.69, 9.17) is 10.8 Å². The fourth-order valence-electron chi connectivity index (χ4n) is 1.61. The summed E-state index contributed by atoms with van der Waals surface area (Å²) in [5.74, 6) is -1.74. The number of alkyl halides is 3. The van der Waals surface area contributed by atoms with Gasteiger partial charge >= 0.3 is 12.1 Å². The van der Waals surface area contributed by atoms with E-state index in [9.17, 15) is 23.1 Å². The average Bonchev–Trinajstić information content (AvgIpc) is 2.24. The number of carbonyl (C=O) groups is 1. The molecule has 0 aliphatic heterocycles. The average molecular weight is 263 g/mol. The summed E-state index contributed by atoms with van der Waals surface area (Å²) in [6.45, 7) is 0. The quantitative estimate of drug-likeness (QED) is 0.778. The standard InChI is InChI=1S/C11H12F3NO3/c12-11(13,14)6-2-1-3-8(16)10(6)7(15)4-5-9(17)18/h1-3,7,16H,4-5,15H2,(H,17,18). The number of rotatable bonds is 4. The monoisotopic (exact) mass is 263 g/mol. The van der Waals surface area contributed by atoms with Gasteiger partial charge < -0.3 is 15.9 Å². The molecule has 0 bridgehead atoms. The van der Waals surface area contributed by atoms with E-state index in [-0.39, 0.29) is 12.8 Å². The molecule has 0 spiro atoms. The van der Waals surface area contributed by atoms with E-state index in [2.05, 4.69) is 0 Å². The highest BCUT2D eigenvalue weighted by molar-refractivity contribution is 5.66. The maximum atomic E-state index is 12.7. The summed E-state index contributed by atoms with van der Waals surface area (Å²) in [4.78, 5) is 10.4. The Balaban J connectivity index is 3.10. The van der Waals surface area contributed by atoms with Gasteiger partial charge in [0.25, 0.3) is 0 Å². The maximum Gasteiger partial charge on any atom is 0.416 e. The first-order valence-electron chi connectivity index (χ1n) is 5.10. The first-order valence-corrected chi connectivity index (χ1v) is 5.10. The van der Waals surface area contributed by atoms with Gasteiger partial charge in [0.05, 0.1) is 5.56 Å². The Bertz CT molecular complexity index is 446. The highest BCUT2D eigenvalue weighted by atomic mass is 19.4. The normalized spacial score (nSPS) is 13.3. The summed E-state index contributed by atoms with van der Waals surface area (Å²) in [6, 6.07) is 1.77. The summed E-state index contributed by atoms with van der Waals surface area (Å²) in [6.07, 6.45) is -5.20. The lowest BCUT2D eigenvalue weighted by Crippen LogP contribution is -2.18. The summed E-state index contributed by atoms with van der Waals surface area (Å²) in [7, 11) is 0. The third-order valence-corrected chi connectivity index (χ3v) is 2.43. The maximum absolute atomic E-state index is 12.7. The topological polar surface area (TPSA) is 83.6 Å². The molecule has 0 saturated heterocycles. The van der Waals surface area contributed by atoms with Crippen molar-refractivity contribution < 1.29 is 28.2 Å². The van der Waals surface area contributed by atoms with Crippen LogP contribution in [0.15, 0.2) is 18.2 Å². The number of carboxylic acid groups (broad SMARTS) is 1. The number of hydrogen-bond acceptors (Lipinski definition) is 3. The van der Waals surface area contributed by atoms with E-state index >= 15 is 0 Å². The van der Waals surface area contributed by atoms with Crippen LogP contribution in [0.4, 0.5) is 13.2 Å². The molecule has 0 heterocycles. The van der Waals surface area contributed by atoms with Gasteiger partial charge in [-0.25, -0.2) is 0 Å². The first-order chi connectivity index (χ1) is 8.23. The van der Waals surface area contributed by atoms with E-state index in [0.29, 0.717) is 0 Å². The molecule has 4 N–H and O–H groups in total. The number of halogens is 3. The van der Waals surface area contributed by atoms with Crippen molar-refractivity contribution in [3.8, 4) is 5.75 Å².